The summed E-state index contributed by atoms with van der Waals surface area (Å²) >= 11 is 1.27. The number of hydrogen-bond acceptors (Lipinski definition) is 6. The molecule has 3 aromatic rings. The minimum absolute atomic E-state index is 0.0158. The van der Waals surface area contributed by atoms with Gasteiger partial charge < -0.3 is 14.6 Å². The Bertz CT molecular complexity index is 1150. The number of amides is 1. The normalized spacial score (nSPS) is 16.1. The van der Waals surface area contributed by atoms with E-state index in [1.165, 1.54) is 16.2 Å². The second-order valence-corrected chi connectivity index (χ2v) is 8.53. The molecule has 1 aromatic heterocycles. The number of thiophene rings is 1. The first-order chi connectivity index (χ1) is 15.4. The zero-order valence-electron chi connectivity index (χ0n) is 17.9. The maximum Gasteiger partial charge on any atom is 0.294 e. The fraction of sp³-hybridized carbons (Fsp3) is 0.200. The van der Waals surface area contributed by atoms with Gasteiger partial charge in [-0.15, -0.1) is 11.3 Å². The average molecular weight is 450 g/mol. The molecule has 4 rings (SSSR count). The van der Waals surface area contributed by atoms with Gasteiger partial charge in [0.25, 0.3) is 5.91 Å². The Kier molecular flexibility index (Phi) is 6.01. The van der Waals surface area contributed by atoms with E-state index in [0.29, 0.717) is 27.6 Å². The number of carbonyl (C=O) groups excluding carboxylic acids is 2. The zero-order chi connectivity index (χ0) is 22.8. The van der Waals surface area contributed by atoms with E-state index in [0.717, 1.165) is 0 Å². The molecule has 0 saturated heterocycles. The summed E-state index contributed by atoms with van der Waals surface area (Å²) < 4.78 is 10.9. The van der Waals surface area contributed by atoms with Crippen LogP contribution in [0, 0.1) is 0 Å². The van der Waals surface area contributed by atoms with Gasteiger partial charge in [-0.2, -0.15) is 0 Å². The Morgan fingerprint density at radius 2 is 1.69 bits per heavy atom. The number of ketones is 1. The third-order valence-corrected chi connectivity index (χ3v) is 5.98. The molecule has 0 bridgehead atoms. The van der Waals surface area contributed by atoms with Crippen LogP contribution in [0.2, 0.25) is 0 Å². The van der Waals surface area contributed by atoms with E-state index in [-0.39, 0.29) is 17.5 Å². The van der Waals surface area contributed by atoms with Crippen molar-refractivity contribution in [2.75, 3.05) is 12.0 Å². The van der Waals surface area contributed by atoms with Crippen molar-refractivity contribution >= 4 is 28.7 Å². The van der Waals surface area contributed by atoms with Gasteiger partial charge in [-0.05, 0) is 67.3 Å². The second kappa shape index (κ2) is 8.88. The van der Waals surface area contributed by atoms with Gasteiger partial charge >= 0.3 is 0 Å². The lowest BCUT2D eigenvalue weighted by atomic mass is 9.95. The summed E-state index contributed by atoms with van der Waals surface area (Å²) in [6, 6.07) is 16.8. The molecule has 2 heterocycles. The van der Waals surface area contributed by atoms with Crippen molar-refractivity contribution in [3.05, 3.63) is 87.8 Å². The number of aliphatic hydroxyl groups excluding tert-OH is 1. The molecule has 6 nitrogen and oxygen atoms in total. The van der Waals surface area contributed by atoms with Crippen molar-refractivity contribution in [1.29, 1.82) is 0 Å². The van der Waals surface area contributed by atoms with Crippen molar-refractivity contribution in [2.24, 2.45) is 0 Å². The van der Waals surface area contributed by atoms with Gasteiger partial charge in [-0.25, -0.2) is 0 Å². The quantitative estimate of drug-likeness (QED) is 0.494. The number of Topliss-reactive ketones (excluding diaryl/α,β-unsaturated/α-hetero) is 1. The van der Waals surface area contributed by atoms with Crippen LogP contribution in [0.15, 0.2) is 77.4 Å². The molecule has 0 fully saturated rings. The first-order valence-corrected chi connectivity index (χ1v) is 11.0. The van der Waals surface area contributed by atoms with Crippen LogP contribution >= 0.6 is 11.3 Å². The Morgan fingerprint density at radius 1 is 1.03 bits per heavy atom. The molecule has 164 valence electrons. The van der Waals surface area contributed by atoms with Gasteiger partial charge in [0.15, 0.2) is 5.76 Å². The molecular formula is C25H23NO5S. The number of carbonyl (C=O) groups is 2. The smallest absolute Gasteiger partial charge is 0.294 e. The zero-order valence-corrected chi connectivity index (χ0v) is 18.8. The van der Waals surface area contributed by atoms with E-state index >= 15 is 0 Å². The molecule has 2 aromatic carbocycles. The molecular weight excluding hydrogens is 426 g/mol. The van der Waals surface area contributed by atoms with Gasteiger partial charge in [0, 0.05) is 5.69 Å². The van der Waals surface area contributed by atoms with Gasteiger partial charge in [-0.1, -0.05) is 18.2 Å². The van der Waals surface area contributed by atoms with Gasteiger partial charge in [0.05, 0.1) is 29.7 Å². The SMILES string of the molecule is COc1ccc(C2C(C(=O)c3cccs3)=C(O)C(=O)N2c2ccc(OC(C)C)cc2)cc1. The molecule has 0 spiro atoms. The lowest BCUT2D eigenvalue weighted by Crippen LogP contribution is -2.31. The number of rotatable bonds is 7. The van der Waals surface area contributed by atoms with Crippen LogP contribution in [0.25, 0.3) is 0 Å². The molecule has 1 atom stereocenters. The number of ether oxygens (including phenoxy) is 2. The van der Waals surface area contributed by atoms with Crippen LogP contribution in [0.3, 0.4) is 0 Å². The molecule has 7 heteroatoms. The lowest BCUT2D eigenvalue weighted by Gasteiger charge is -2.27. The Morgan fingerprint density at radius 3 is 2.25 bits per heavy atom. The first kappa shape index (κ1) is 21.6. The second-order valence-electron chi connectivity index (χ2n) is 7.58. The highest BCUT2D eigenvalue weighted by molar-refractivity contribution is 7.12. The van der Waals surface area contributed by atoms with E-state index in [9.17, 15) is 14.7 Å². The van der Waals surface area contributed by atoms with Crippen LogP contribution in [-0.2, 0) is 4.79 Å². The monoisotopic (exact) mass is 449 g/mol. The summed E-state index contributed by atoms with van der Waals surface area (Å²) in [6.45, 7) is 3.87. The van der Waals surface area contributed by atoms with E-state index in [4.69, 9.17) is 9.47 Å². The standard InChI is InChI=1S/C25H23NO5S/c1-15(2)31-19-12-8-17(9-13-19)26-22(16-6-10-18(30-3)11-7-16)21(24(28)25(26)29)23(27)20-5-4-14-32-20/h4-15,22,28H,1-3H3. The summed E-state index contributed by atoms with van der Waals surface area (Å²) in [7, 11) is 1.57. The largest absolute Gasteiger partial charge is 0.503 e. The average Bonchev–Trinajstić information content (AvgIpc) is 3.41. The highest BCUT2D eigenvalue weighted by Gasteiger charge is 2.44. The van der Waals surface area contributed by atoms with Crippen LogP contribution < -0.4 is 14.4 Å². The maximum absolute atomic E-state index is 13.3. The first-order valence-electron chi connectivity index (χ1n) is 10.2. The Balaban J connectivity index is 1.79. The lowest BCUT2D eigenvalue weighted by molar-refractivity contribution is -0.117. The number of nitrogens with zero attached hydrogens (tertiary/aromatic N) is 1. The summed E-state index contributed by atoms with van der Waals surface area (Å²) in [5.74, 6) is -0.202. The van der Waals surface area contributed by atoms with Crippen molar-refractivity contribution in [2.45, 2.75) is 26.0 Å². The Hall–Kier alpha value is -3.58. The van der Waals surface area contributed by atoms with E-state index in [1.807, 2.05) is 13.8 Å². The fourth-order valence-electron chi connectivity index (χ4n) is 3.70. The number of hydrogen-bond donors (Lipinski definition) is 1. The third kappa shape index (κ3) is 3.99. The van der Waals surface area contributed by atoms with Crippen LogP contribution in [0.1, 0.15) is 35.1 Å². The fourth-order valence-corrected chi connectivity index (χ4v) is 4.38. The van der Waals surface area contributed by atoms with Crippen molar-refractivity contribution in [1.82, 2.24) is 0 Å². The molecule has 0 radical (unpaired) electrons. The molecule has 1 amide bonds. The maximum atomic E-state index is 13.3. The predicted molar refractivity (Wildman–Crippen MR) is 124 cm³/mol. The number of benzene rings is 2. The highest BCUT2D eigenvalue weighted by atomic mass is 32.1. The molecule has 0 saturated carbocycles. The summed E-state index contributed by atoms with van der Waals surface area (Å²) in [4.78, 5) is 28.4. The Labute approximate surface area is 190 Å². The molecule has 32 heavy (non-hydrogen) atoms. The number of anilines is 1. The minimum atomic E-state index is -0.778. The summed E-state index contributed by atoms with van der Waals surface area (Å²) in [6.07, 6.45) is 0.0158. The minimum Gasteiger partial charge on any atom is -0.503 e. The van der Waals surface area contributed by atoms with E-state index in [1.54, 1.807) is 73.2 Å². The van der Waals surface area contributed by atoms with E-state index in [2.05, 4.69) is 0 Å². The summed E-state index contributed by atoms with van der Waals surface area (Å²) in [5.41, 5.74) is 1.29. The molecule has 1 aliphatic heterocycles. The molecule has 1 unspecified atom stereocenters. The molecule has 1 aliphatic rings. The number of methoxy groups -OCH3 is 1. The number of aliphatic hydroxyl groups is 1. The molecule has 1 N–H and O–H groups in total. The van der Waals surface area contributed by atoms with Crippen LogP contribution in [-0.4, -0.2) is 30.0 Å². The van der Waals surface area contributed by atoms with Crippen LogP contribution in [0.4, 0.5) is 5.69 Å². The van der Waals surface area contributed by atoms with Gasteiger partial charge in [-0.3, -0.25) is 14.5 Å². The topological polar surface area (TPSA) is 76.1 Å². The van der Waals surface area contributed by atoms with Gasteiger partial charge in [0.2, 0.25) is 5.78 Å². The van der Waals surface area contributed by atoms with Crippen molar-refractivity contribution in [3.8, 4) is 11.5 Å². The van der Waals surface area contributed by atoms with E-state index < -0.39 is 17.7 Å². The van der Waals surface area contributed by atoms with Crippen molar-refractivity contribution < 1.29 is 24.2 Å². The molecule has 0 aliphatic carbocycles. The predicted octanol–water partition coefficient (Wildman–Crippen LogP) is 5.33. The van der Waals surface area contributed by atoms with Crippen LogP contribution in [0.5, 0.6) is 11.5 Å². The summed E-state index contributed by atoms with van der Waals surface area (Å²) in [5, 5.41) is 12.6. The third-order valence-electron chi connectivity index (χ3n) is 5.12. The highest BCUT2D eigenvalue weighted by Crippen LogP contribution is 2.43. The van der Waals surface area contributed by atoms with Gasteiger partial charge in [0.1, 0.15) is 11.5 Å². The van der Waals surface area contributed by atoms with Crippen molar-refractivity contribution in [3.63, 3.8) is 0 Å².